The van der Waals surface area contributed by atoms with Gasteiger partial charge in [-0.25, -0.2) is 9.38 Å². The fraction of sp³-hybridized carbons (Fsp3) is 0.529. The minimum atomic E-state index is -0.217. The van der Waals surface area contributed by atoms with E-state index in [1.165, 1.54) is 6.07 Å². The second-order valence-electron chi connectivity index (χ2n) is 5.70. The molecule has 1 aromatic carbocycles. The number of guanidine groups is 1. The third-order valence-corrected chi connectivity index (χ3v) is 4.36. The summed E-state index contributed by atoms with van der Waals surface area (Å²) in [6.45, 7) is 5.01. The van der Waals surface area contributed by atoms with Gasteiger partial charge < -0.3 is 15.5 Å². The van der Waals surface area contributed by atoms with E-state index in [4.69, 9.17) is 0 Å². The normalized spacial score (nSPS) is 14.8. The number of nitrogens with one attached hydrogen (secondary N) is 2. The molecule has 1 amide bonds. The molecule has 132 valence electrons. The summed E-state index contributed by atoms with van der Waals surface area (Å²) in [7, 11) is 0. The number of rotatable bonds is 6. The first kappa shape index (κ1) is 18.7. The van der Waals surface area contributed by atoms with Gasteiger partial charge in [0.1, 0.15) is 12.4 Å². The maximum atomic E-state index is 13.7. The molecule has 5 nitrogen and oxygen atoms in total. The van der Waals surface area contributed by atoms with Crippen LogP contribution < -0.4 is 10.6 Å². The van der Waals surface area contributed by atoms with Crippen LogP contribution in [0.15, 0.2) is 27.7 Å². The Morgan fingerprint density at radius 1 is 1.33 bits per heavy atom. The fourth-order valence-electron chi connectivity index (χ4n) is 2.61. The minimum Gasteiger partial charge on any atom is -0.357 e. The monoisotopic (exact) mass is 398 g/mol. The molecule has 7 heteroatoms. The largest absolute Gasteiger partial charge is 0.357 e. The van der Waals surface area contributed by atoms with Gasteiger partial charge in [0.05, 0.1) is 0 Å². The van der Waals surface area contributed by atoms with Crippen LogP contribution in [-0.4, -0.2) is 49.5 Å². The van der Waals surface area contributed by atoms with Crippen molar-refractivity contribution in [2.75, 3.05) is 32.7 Å². The van der Waals surface area contributed by atoms with E-state index >= 15 is 0 Å². The number of benzene rings is 1. The third-order valence-electron chi connectivity index (χ3n) is 3.87. The number of carbonyl (C=O) groups is 1. The van der Waals surface area contributed by atoms with Crippen LogP contribution in [0.25, 0.3) is 0 Å². The highest BCUT2D eigenvalue weighted by molar-refractivity contribution is 9.10. The van der Waals surface area contributed by atoms with Crippen molar-refractivity contribution in [3.8, 4) is 0 Å². The highest BCUT2D eigenvalue weighted by atomic mass is 79.9. The molecule has 1 aromatic rings. The molecule has 1 saturated heterocycles. The Hall–Kier alpha value is -1.63. The SMILES string of the molecule is CCNC(=NCC(=O)N1CCCC1)NCCc1cc(Br)ccc1F. The van der Waals surface area contributed by atoms with E-state index in [0.717, 1.165) is 30.4 Å². The topological polar surface area (TPSA) is 56.7 Å². The molecule has 0 aromatic heterocycles. The predicted octanol–water partition coefficient (Wildman–Crippen LogP) is 2.31. The van der Waals surface area contributed by atoms with Crippen molar-refractivity contribution in [3.05, 3.63) is 34.1 Å². The Bertz CT molecular complexity index is 588. The molecule has 0 radical (unpaired) electrons. The van der Waals surface area contributed by atoms with E-state index < -0.39 is 0 Å². The van der Waals surface area contributed by atoms with Crippen LogP contribution in [0.4, 0.5) is 4.39 Å². The summed E-state index contributed by atoms with van der Waals surface area (Å²) < 4.78 is 14.6. The van der Waals surface area contributed by atoms with E-state index in [1.807, 2.05) is 11.8 Å². The molecule has 0 atom stereocenters. The summed E-state index contributed by atoms with van der Waals surface area (Å²) in [5.41, 5.74) is 0.640. The van der Waals surface area contributed by atoms with Gasteiger partial charge in [0.2, 0.25) is 5.91 Å². The molecule has 1 heterocycles. The van der Waals surface area contributed by atoms with Crippen LogP contribution in [0.5, 0.6) is 0 Å². The van der Waals surface area contributed by atoms with Gasteiger partial charge in [-0.3, -0.25) is 4.79 Å². The van der Waals surface area contributed by atoms with Crippen molar-refractivity contribution in [3.63, 3.8) is 0 Å². The number of hydrogen-bond donors (Lipinski definition) is 2. The van der Waals surface area contributed by atoms with E-state index in [2.05, 4.69) is 31.6 Å². The van der Waals surface area contributed by atoms with Crippen LogP contribution in [0.1, 0.15) is 25.3 Å². The molecule has 0 unspecified atom stereocenters. The van der Waals surface area contributed by atoms with Gasteiger partial charge in [-0.15, -0.1) is 0 Å². The summed E-state index contributed by atoms with van der Waals surface area (Å²) in [6, 6.07) is 4.91. The molecule has 0 spiro atoms. The van der Waals surface area contributed by atoms with Gasteiger partial charge in [-0.05, 0) is 49.9 Å². The lowest BCUT2D eigenvalue weighted by Crippen LogP contribution is -2.39. The first-order chi connectivity index (χ1) is 11.6. The number of nitrogens with zero attached hydrogens (tertiary/aromatic N) is 2. The molecule has 1 fully saturated rings. The highest BCUT2D eigenvalue weighted by Crippen LogP contribution is 2.15. The third kappa shape index (κ3) is 5.78. The van der Waals surface area contributed by atoms with Gasteiger partial charge in [-0.1, -0.05) is 15.9 Å². The Kier molecular flexibility index (Phi) is 7.49. The average molecular weight is 399 g/mol. The average Bonchev–Trinajstić information content (AvgIpc) is 3.10. The molecule has 0 aliphatic carbocycles. The van der Waals surface area contributed by atoms with E-state index in [0.29, 0.717) is 31.0 Å². The van der Waals surface area contributed by atoms with E-state index in [-0.39, 0.29) is 18.3 Å². The Morgan fingerprint density at radius 3 is 2.79 bits per heavy atom. The predicted molar refractivity (Wildman–Crippen MR) is 97.6 cm³/mol. The maximum absolute atomic E-state index is 13.7. The quantitative estimate of drug-likeness (QED) is 0.570. The standard InChI is InChI=1S/C17H24BrFN4O/c1-2-20-17(22-12-16(24)23-9-3-4-10-23)21-8-7-13-11-14(18)5-6-15(13)19/h5-6,11H,2-4,7-10,12H2,1H3,(H2,20,21,22). The molecular formula is C17H24BrFN4O. The second-order valence-corrected chi connectivity index (χ2v) is 6.61. The highest BCUT2D eigenvalue weighted by Gasteiger charge is 2.17. The summed E-state index contributed by atoms with van der Waals surface area (Å²) >= 11 is 3.35. The lowest BCUT2D eigenvalue weighted by atomic mass is 10.1. The summed E-state index contributed by atoms with van der Waals surface area (Å²) in [5.74, 6) is 0.425. The summed E-state index contributed by atoms with van der Waals surface area (Å²) in [5, 5.41) is 6.25. The van der Waals surface area contributed by atoms with Crippen molar-refractivity contribution in [2.24, 2.45) is 4.99 Å². The molecule has 2 N–H and O–H groups in total. The van der Waals surface area contributed by atoms with Crippen molar-refractivity contribution in [1.82, 2.24) is 15.5 Å². The van der Waals surface area contributed by atoms with E-state index in [9.17, 15) is 9.18 Å². The summed E-state index contributed by atoms with van der Waals surface area (Å²) in [6.07, 6.45) is 2.69. The Labute approximate surface area is 150 Å². The fourth-order valence-corrected chi connectivity index (χ4v) is 3.01. The van der Waals surface area contributed by atoms with Crippen molar-refractivity contribution in [1.29, 1.82) is 0 Å². The molecule has 1 aliphatic rings. The molecule has 0 saturated carbocycles. The molecule has 24 heavy (non-hydrogen) atoms. The van der Waals surface area contributed by atoms with Gasteiger partial charge in [0, 0.05) is 30.7 Å². The van der Waals surface area contributed by atoms with Crippen LogP contribution in [-0.2, 0) is 11.2 Å². The lowest BCUT2D eigenvalue weighted by Gasteiger charge is -2.15. The molecular weight excluding hydrogens is 375 g/mol. The zero-order valence-electron chi connectivity index (χ0n) is 13.9. The van der Waals surface area contributed by atoms with Gasteiger partial charge in [0.15, 0.2) is 5.96 Å². The Morgan fingerprint density at radius 2 is 2.08 bits per heavy atom. The minimum absolute atomic E-state index is 0.0581. The van der Waals surface area contributed by atoms with Crippen LogP contribution in [0.3, 0.4) is 0 Å². The smallest absolute Gasteiger partial charge is 0.244 e. The number of aliphatic imine (C=N–C) groups is 1. The van der Waals surface area contributed by atoms with Gasteiger partial charge >= 0.3 is 0 Å². The van der Waals surface area contributed by atoms with E-state index in [1.54, 1.807) is 12.1 Å². The number of halogens is 2. The molecule has 1 aliphatic heterocycles. The molecule has 2 rings (SSSR count). The number of likely N-dealkylation sites (tertiary alicyclic amines) is 1. The Balaban J connectivity index is 1.84. The van der Waals surface area contributed by atoms with Gasteiger partial charge in [0.25, 0.3) is 0 Å². The maximum Gasteiger partial charge on any atom is 0.244 e. The van der Waals surface area contributed by atoms with Crippen LogP contribution in [0.2, 0.25) is 0 Å². The van der Waals surface area contributed by atoms with Crippen LogP contribution >= 0.6 is 15.9 Å². The first-order valence-corrected chi connectivity index (χ1v) is 9.13. The number of amides is 1. The number of hydrogen-bond acceptors (Lipinski definition) is 2. The van der Waals surface area contributed by atoms with Gasteiger partial charge in [-0.2, -0.15) is 0 Å². The first-order valence-electron chi connectivity index (χ1n) is 8.34. The van der Waals surface area contributed by atoms with Crippen molar-refractivity contribution < 1.29 is 9.18 Å². The summed E-state index contributed by atoms with van der Waals surface area (Å²) in [4.78, 5) is 18.2. The van der Waals surface area contributed by atoms with Crippen LogP contribution in [0, 0.1) is 5.82 Å². The second kappa shape index (κ2) is 9.61. The molecule has 0 bridgehead atoms. The number of carbonyl (C=O) groups excluding carboxylic acids is 1. The zero-order valence-corrected chi connectivity index (χ0v) is 15.5. The van der Waals surface area contributed by atoms with Crippen molar-refractivity contribution in [2.45, 2.75) is 26.2 Å². The zero-order chi connectivity index (χ0) is 17.4. The van der Waals surface area contributed by atoms with Crippen molar-refractivity contribution >= 4 is 27.8 Å². The lowest BCUT2D eigenvalue weighted by molar-refractivity contribution is -0.128.